The third kappa shape index (κ3) is 5.67. The molecule has 1 atom stereocenters. The van der Waals surface area contributed by atoms with Crippen molar-refractivity contribution < 1.29 is 19.2 Å². The van der Waals surface area contributed by atoms with Gasteiger partial charge in [0.05, 0.1) is 11.3 Å². The Bertz CT molecular complexity index is 1120. The lowest BCUT2D eigenvalue weighted by Crippen LogP contribution is -2.26. The maximum atomic E-state index is 12.9. The molecule has 0 aliphatic carbocycles. The lowest BCUT2D eigenvalue weighted by atomic mass is 10.1. The molecule has 0 bridgehead atoms. The number of anilines is 1. The minimum atomic E-state index is -1.24. The smallest absolute Gasteiger partial charge is 0.311 e. The summed E-state index contributed by atoms with van der Waals surface area (Å²) in [4.78, 5) is 36.1. The number of carbonyl (C=O) groups excluding carboxylic acids is 2. The van der Waals surface area contributed by atoms with Gasteiger partial charge in [0.25, 0.3) is 11.6 Å². The number of nitro groups is 1. The highest BCUT2D eigenvalue weighted by Crippen LogP contribution is 2.25. The number of esters is 1. The van der Waals surface area contributed by atoms with Crippen LogP contribution in [0.4, 0.5) is 11.4 Å². The van der Waals surface area contributed by atoms with E-state index in [0.29, 0.717) is 16.3 Å². The van der Waals surface area contributed by atoms with Gasteiger partial charge in [-0.1, -0.05) is 66.2 Å². The first kappa shape index (κ1) is 22.0. The van der Waals surface area contributed by atoms with E-state index in [2.05, 4.69) is 5.32 Å². The number of nitro benzene ring substituents is 1. The van der Waals surface area contributed by atoms with E-state index in [1.165, 1.54) is 18.2 Å². The number of nitrogens with one attached hydrogen (secondary N) is 1. The third-order valence-corrected chi connectivity index (χ3v) is 4.96. The van der Waals surface area contributed by atoms with Crippen LogP contribution in [-0.2, 0) is 20.7 Å². The number of hydrogen-bond donors (Lipinski definition) is 1. The standard InChI is InChI=1S/C23H19ClN2O5/c1-15-11-12-18(14-19(15)24)25-23(28)22(16-7-3-2-4-8-16)31-21(27)13-17-9-5-6-10-20(17)26(29)30/h2-12,14,22H,13H2,1H3,(H,25,28). The summed E-state index contributed by atoms with van der Waals surface area (Å²) in [6, 6.07) is 19.5. The van der Waals surface area contributed by atoms with E-state index in [4.69, 9.17) is 16.3 Å². The van der Waals surface area contributed by atoms with Gasteiger partial charge >= 0.3 is 5.97 Å². The van der Waals surface area contributed by atoms with Crippen molar-refractivity contribution in [2.45, 2.75) is 19.4 Å². The van der Waals surface area contributed by atoms with E-state index in [-0.39, 0.29) is 17.7 Å². The number of amides is 1. The molecule has 8 heteroatoms. The van der Waals surface area contributed by atoms with Gasteiger partial charge in [0, 0.05) is 27.9 Å². The molecule has 3 aromatic carbocycles. The number of rotatable bonds is 7. The van der Waals surface area contributed by atoms with Gasteiger partial charge < -0.3 is 10.1 Å². The van der Waals surface area contributed by atoms with E-state index in [1.54, 1.807) is 54.6 Å². The molecule has 0 aliphatic rings. The first-order chi connectivity index (χ1) is 14.8. The molecule has 3 aromatic rings. The van der Waals surface area contributed by atoms with E-state index in [1.807, 2.05) is 6.92 Å². The van der Waals surface area contributed by atoms with Crippen molar-refractivity contribution in [2.24, 2.45) is 0 Å². The number of para-hydroxylation sites is 1. The van der Waals surface area contributed by atoms with Crippen molar-refractivity contribution in [3.8, 4) is 0 Å². The average molecular weight is 439 g/mol. The molecule has 0 radical (unpaired) electrons. The van der Waals surface area contributed by atoms with Crippen LogP contribution in [-0.4, -0.2) is 16.8 Å². The largest absolute Gasteiger partial charge is 0.447 e. The number of nitrogens with zero attached hydrogens (tertiary/aromatic N) is 1. The van der Waals surface area contributed by atoms with Gasteiger partial charge in [-0.25, -0.2) is 0 Å². The molecule has 1 unspecified atom stereocenters. The molecular weight excluding hydrogens is 420 g/mol. The number of carbonyl (C=O) groups is 2. The summed E-state index contributed by atoms with van der Waals surface area (Å²) >= 11 is 6.12. The van der Waals surface area contributed by atoms with Gasteiger partial charge in [-0.2, -0.15) is 0 Å². The highest BCUT2D eigenvalue weighted by Gasteiger charge is 2.26. The Labute approximate surface area is 183 Å². The lowest BCUT2D eigenvalue weighted by molar-refractivity contribution is -0.385. The van der Waals surface area contributed by atoms with Gasteiger partial charge in [0.1, 0.15) is 0 Å². The fourth-order valence-electron chi connectivity index (χ4n) is 2.95. The van der Waals surface area contributed by atoms with Gasteiger partial charge in [0.2, 0.25) is 6.10 Å². The molecule has 0 aliphatic heterocycles. The summed E-state index contributed by atoms with van der Waals surface area (Å²) in [6.45, 7) is 1.84. The summed E-state index contributed by atoms with van der Waals surface area (Å²) in [6.07, 6.45) is -1.58. The monoisotopic (exact) mass is 438 g/mol. The minimum absolute atomic E-state index is 0.186. The third-order valence-electron chi connectivity index (χ3n) is 4.55. The fourth-order valence-corrected chi connectivity index (χ4v) is 3.13. The molecule has 0 saturated carbocycles. The lowest BCUT2D eigenvalue weighted by Gasteiger charge is -2.18. The normalized spacial score (nSPS) is 11.4. The molecule has 0 saturated heterocycles. The van der Waals surface area contributed by atoms with E-state index < -0.39 is 22.9 Å². The molecular formula is C23H19ClN2O5. The second kappa shape index (κ2) is 9.86. The Morgan fingerprint density at radius 1 is 1.06 bits per heavy atom. The maximum Gasteiger partial charge on any atom is 0.311 e. The first-order valence-electron chi connectivity index (χ1n) is 9.39. The van der Waals surface area contributed by atoms with Gasteiger partial charge in [0.15, 0.2) is 0 Å². The fraction of sp³-hybridized carbons (Fsp3) is 0.130. The van der Waals surface area contributed by atoms with Crippen molar-refractivity contribution in [1.29, 1.82) is 0 Å². The van der Waals surface area contributed by atoms with Crippen LogP contribution in [0.3, 0.4) is 0 Å². The second-order valence-electron chi connectivity index (χ2n) is 6.80. The van der Waals surface area contributed by atoms with Crippen molar-refractivity contribution in [3.63, 3.8) is 0 Å². The zero-order valence-electron chi connectivity index (χ0n) is 16.6. The van der Waals surface area contributed by atoms with Crippen LogP contribution < -0.4 is 5.32 Å². The summed E-state index contributed by atoms with van der Waals surface area (Å²) in [5.41, 5.74) is 1.80. The van der Waals surface area contributed by atoms with Crippen LogP contribution in [0.2, 0.25) is 5.02 Å². The average Bonchev–Trinajstić information content (AvgIpc) is 2.75. The molecule has 7 nitrogen and oxygen atoms in total. The highest BCUT2D eigenvalue weighted by atomic mass is 35.5. The van der Waals surface area contributed by atoms with Crippen molar-refractivity contribution >= 4 is 34.9 Å². The first-order valence-corrected chi connectivity index (χ1v) is 9.76. The van der Waals surface area contributed by atoms with Gasteiger partial charge in [-0.3, -0.25) is 19.7 Å². The van der Waals surface area contributed by atoms with Gasteiger partial charge in [-0.15, -0.1) is 0 Å². The number of halogens is 1. The quantitative estimate of drug-likeness (QED) is 0.317. The van der Waals surface area contributed by atoms with Crippen LogP contribution in [0.25, 0.3) is 0 Å². The molecule has 1 amide bonds. The highest BCUT2D eigenvalue weighted by molar-refractivity contribution is 6.31. The topological polar surface area (TPSA) is 98.5 Å². The molecule has 3 rings (SSSR count). The molecule has 31 heavy (non-hydrogen) atoms. The zero-order valence-corrected chi connectivity index (χ0v) is 17.3. The number of hydrogen-bond acceptors (Lipinski definition) is 5. The minimum Gasteiger partial charge on any atom is -0.447 e. The maximum absolute atomic E-state index is 12.9. The number of aryl methyl sites for hydroxylation is 1. The van der Waals surface area contributed by atoms with E-state index in [0.717, 1.165) is 5.56 Å². The number of ether oxygens (including phenoxy) is 1. The Kier molecular flexibility index (Phi) is 6.99. The molecule has 0 aromatic heterocycles. The van der Waals surface area contributed by atoms with Gasteiger partial charge in [-0.05, 0) is 24.6 Å². The summed E-state index contributed by atoms with van der Waals surface area (Å²) in [5.74, 6) is -1.33. The van der Waals surface area contributed by atoms with Crippen molar-refractivity contribution in [3.05, 3.63) is 105 Å². The summed E-state index contributed by atoms with van der Waals surface area (Å²) < 4.78 is 5.46. The predicted molar refractivity (Wildman–Crippen MR) is 117 cm³/mol. The number of benzene rings is 3. The molecule has 158 valence electrons. The molecule has 1 N–H and O–H groups in total. The van der Waals surface area contributed by atoms with Crippen molar-refractivity contribution in [1.82, 2.24) is 0 Å². The zero-order chi connectivity index (χ0) is 22.4. The Morgan fingerprint density at radius 3 is 2.42 bits per heavy atom. The van der Waals surface area contributed by atoms with Crippen LogP contribution >= 0.6 is 11.6 Å². The van der Waals surface area contributed by atoms with Crippen LogP contribution in [0.1, 0.15) is 22.8 Å². The molecule has 0 heterocycles. The van der Waals surface area contributed by atoms with Crippen molar-refractivity contribution in [2.75, 3.05) is 5.32 Å². The summed E-state index contributed by atoms with van der Waals surface area (Å²) in [5, 5.41) is 14.4. The molecule has 0 spiro atoms. The second-order valence-corrected chi connectivity index (χ2v) is 7.20. The molecule has 0 fully saturated rings. The van der Waals surface area contributed by atoms with Crippen LogP contribution in [0.5, 0.6) is 0 Å². The predicted octanol–water partition coefficient (Wildman–Crippen LogP) is 5.02. The Hall–Kier alpha value is -3.71. The van der Waals surface area contributed by atoms with E-state index >= 15 is 0 Å². The van der Waals surface area contributed by atoms with Crippen LogP contribution in [0.15, 0.2) is 72.8 Å². The van der Waals surface area contributed by atoms with Crippen LogP contribution in [0, 0.1) is 17.0 Å². The summed E-state index contributed by atoms with van der Waals surface area (Å²) in [7, 11) is 0. The Morgan fingerprint density at radius 2 is 1.74 bits per heavy atom. The SMILES string of the molecule is Cc1ccc(NC(=O)C(OC(=O)Cc2ccccc2[N+](=O)[O-])c2ccccc2)cc1Cl. The Balaban J connectivity index is 1.81. The van der Waals surface area contributed by atoms with E-state index in [9.17, 15) is 19.7 Å².